The number of likely N-dealkylation sites (N-methyl/N-ethyl adjacent to an activating group) is 2. The predicted molar refractivity (Wildman–Crippen MR) is 173 cm³/mol. The van der Waals surface area contributed by atoms with Crippen LogP contribution in [0.25, 0.3) is 11.1 Å². The molecule has 0 saturated carbocycles. The minimum absolute atomic E-state index is 0.0803. The molecule has 0 spiro atoms. The number of aromatic hydroxyl groups is 2. The highest BCUT2D eigenvalue weighted by Crippen LogP contribution is 2.54. The molecule has 8 nitrogen and oxygen atoms in total. The second-order valence-corrected chi connectivity index (χ2v) is 12.4. The van der Waals surface area contributed by atoms with Crippen molar-refractivity contribution in [3.63, 3.8) is 0 Å². The van der Waals surface area contributed by atoms with E-state index in [0.29, 0.717) is 28.7 Å². The molecule has 0 unspecified atom stereocenters. The van der Waals surface area contributed by atoms with E-state index in [2.05, 4.69) is 42.1 Å². The second-order valence-electron chi connectivity index (χ2n) is 12.4. The molecule has 0 radical (unpaired) electrons. The molecule has 45 heavy (non-hydrogen) atoms. The summed E-state index contributed by atoms with van der Waals surface area (Å²) in [7, 11) is 9.23. The summed E-state index contributed by atoms with van der Waals surface area (Å²) in [6.45, 7) is 1.89. The normalized spacial score (nSPS) is 18.9. The molecule has 0 fully saturated rings. The van der Waals surface area contributed by atoms with E-state index in [4.69, 9.17) is 18.9 Å². The maximum Gasteiger partial charge on any atom is 0.169 e. The van der Waals surface area contributed by atoms with Crippen molar-refractivity contribution in [1.82, 2.24) is 9.80 Å². The molecule has 2 N–H and O–H groups in total. The molecular formula is C37H40N2O6. The fourth-order valence-electron chi connectivity index (χ4n) is 7.47. The van der Waals surface area contributed by atoms with Crippen molar-refractivity contribution in [3.8, 4) is 51.4 Å². The highest BCUT2D eigenvalue weighted by molar-refractivity contribution is 5.85. The quantitative estimate of drug-likeness (QED) is 0.248. The van der Waals surface area contributed by atoms with Crippen LogP contribution in [0.2, 0.25) is 0 Å². The molecule has 234 valence electrons. The van der Waals surface area contributed by atoms with E-state index >= 15 is 0 Å². The molecule has 4 aromatic rings. The first-order valence-electron chi connectivity index (χ1n) is 15.5. The number of benzene rings is 4. The molecular weight excluding hydrogens is 568 g/mol. The standard InChI is InChI=1S/C37H40N2O6/c1-38-12-10-22-16-30(40)32(42-3)20-26(22)28(38)14-21-6-8-25(9-7-21)45-33-18-24-15-29-35-23(11-13-39(29)2)17-34(43-4)37(44-5)36(35)27(24)19-31(33)41/h6-9,16-20,28-29,40-41H,10-15H2,1-5H3/t28-,29-/m1/s1. The molecule has 0 bridgehead atoms. The van der Waals surface area contributed by atoms with Crippen LogP contribution in [0.15, 0.2) is 54.6 Å². The number of nitrogens with zero attached hydrogens (tertiary/aromatic N) is 2. The summed E-state index contributed by atoms with van der Waals surface area (Å²) in [5.41, 5.74) is 9.10. The lowest BCUT2D eigenvalue weighted by atomic mass is 9.76. The van der Waals surface area contributed by atoms with Gasteiger partial charge in [0.2, 0.25) is 0 Å². The molecule has 1 aliphatic carbocycles. The Hall–Kier alpha value is -4.40. The van der Waals surface area contributed by atoms with Crippen molar-refractivity contribution in [2.24, 2.45) is 0 Å². The third-order valence-corrected chi connectivity index (χ3v) is 9.91. The fourth-order valence-corrected chi connectivity index (χ4v) is 7.47. The predicted octanol–water partition coefficient (Wildman–Crippen LogP) is 6.44. The van der Waals surface area contributed by atoms with Crippen LogP contribution < -0.4 is 18.9 Å². The van der Waals surface area contributed by atoms with Gasteiger partial charge in [0, 0.05) is 30.7 Å². The number of phenolic OH excluding ortho intramolecular Hbond substituents is 2. The minimum atomic E-state index is 0.0803. The average Bonchev–Trinajstić information content (AvgIpc) is 3.04. The number of rotatable bonds is 7. The number of hydrogen-bond acceptors (Lipinski definition) is 8. The van der Waals surface area contributed by atoms with Gasteiger partial charge in [-0.05, 0) is 121 Å². The molecule has 4 aromatic carbocycles. The summed E-state index contributed by atoms with van der Waals surface area (Å²) < 4.78 is 23.3. The lowest BCUT2D eigenvalue weighted by Gasteiger charge is -2.40. The van der Waals surface area contributed by atoms with Crippen LogP contribution in [-0.2, 0) is 25.7 Å². The Bertz CT molecular complexity index is 1770. The van der Waals surface area contributed by atoms with Crippen LogP contribution in [0.4, 0.5) is 0 Å². The van der Waals surface area contributed by atoms with Gasteiger partial charge in [0.05, 0.1) is 21.3 Å². The van der Waals surface area contributed by atoms with Crippen molar-refractivity contribution in [1.29, 1.82) is 0 Å². The van der Waals surface area contributed by atoms with Gasteiger partial charge in [0.25, 0.3) is 0 Å². The molecule has 2 heterocycles. The van der Waals surface area contributed by atoms with E-state index in [1.54, 1.807) is 21.3 Å². The van der Waals surface area contributed by atoms with Crippen LogP contribution in [0.1, 0.15) is 45.5 Å². The summed E-state index contributed by atoms with van der Waals surface area (Å²) in [6.07, 6.45) is 3.45. The summed E-state index contributed by atoms with van der Waals surface area (Å²) >= 11 is 0. The summed E-state index contributed by atoms with van der Waals surface area (Å²) in [6, 6.07) is 18.1. The maximum atomic E-state index is 11.2. The summed E-state index contributed by atoms with van der Waals surface area (Å²) in [5.74, 6) is 3.26. The van der Waals surface area contributed by atoms with Gasteiger partial charge in [-0.2, -0.15) is 0 Å². The summed E-state index contributed by atoms with van der Waals surface area (Å²) in [5, 5.41) is 21.5. The number of phenols is 2. The molecule has 0 aromatic heterocycles. The lowest BCUT2D eigenvalue weighted by molar-refractivity contribution is 0.226. The molecule has 7 rings (SSSR count). The van der Waals surface area contributed by atoms with Gasteiger partial charge in [0.1, 0.15) is 5.75 Å². The maximum absolute atomic E-state index is 11.2. The number of ether oxygens (including phenoxy) is 4. The zero-order valence-electron chi connectivity index (χ0n) is 26.5. The third kappa shape index (κ3) is 5.02. The smallest absolute Gasteiger partial charge is 0.169 e. The van der Waals surface area contributed by atoms with Gasteiger partial charge in [-0.3, -0.25) is 9.80 Å². The van der Waals surface area contributed by atoms with Gasteiger partial charge in [-0.1, -0.05) is 12.1 Å². The third-order valence-electron chi connectivity index (χ3n) is 9.91. The first-order chi connectivity index (χ1) is 21.8. The molecule has 2 atom stereocenters. The molecule has 8 heteroatoms. The Balaban J connectivity index is 1.17. The Morgan fingerprint density at radius 1 is 0.733 bits per heavy atom. The van der Waals surface area contributed by atoms with Gasteiger partial charge in [-0.15, -0.1) is 0 Å². The monoisotopic (exact) mass is 608 g/mol. The lowest BCUT2D eigenvalue weighted by Crippen LogP contribution is -2.35. The van der Waals surface area contributed by atoms with Gasteiger partial charge in [0.15, 0.2) is 34.5 Å². The Morgan fingerprint density at radius 3 is 2.16 bits per heavy atom. The highest BCUT2D eigenvalue weighted by Gasteiger charge is 2.37. The van der Waals surface area contributed by atoms with Crippen LogP contribution in [-0.4, -0.2) is 68.5 Å². The first kappa shape index (κ1) is 29.3. The van der Waals surface area contributed by atoms with Crippen molar-refractivity contribution in [2.45, 2.75) is 37.8 Å². The SMILES string of the molecule is COc1cc2c(cc1O)CCN(C)[C@@H]2Cc1ccc(Oc2cc3c(cc2O)-c2c(OC)c(OC)cc4c2[C@@H](C3)N(C)CC4)cc1. The average molecular weight is 609 g/mol. The summed E-state index contributed by atoms with van der Waals surface area (Å²) in [4.78, 5) is 4.75. The number of hydrogen-bond donors (Lipinski definition) is 2. The van der Waals surface area contributed by atoms with Crippen LogP contribution in [0, 0.1) is 0 Å². The van der Waals surface area contributed by atoms with Crippen LogP contribution in [0.3, 0.4) is 0 Å². The Kier molecular flexibility index (Phi) is 7.50. The first-order valence-corrected chi connectivity index (χ1v) is 15.5. The van der Waals surface area contributed by atoms with E-state index in [1.807, 2.05) is 36.4 Å². The van der Waals surface area contributed by atoms with Gasteiger partial charge < -0.3 is 29.2 Å². The Labute approximate surface area is 264 Å². The van der Waals surface area contributed by atoms with E-state index in [9.17, 15) is 10.2 Å². The van der Waals surface area contributed by atoms with Gasteiger partial charge >= 0.3 is 0 Å². The zero-order chi connectivity index (χ0) is 31.4. The van der Waals surface area contributed by atoms with Crippen LogP contribution >= 0.6 is 0 Å². The van der Waals surface area contributed by atoms with Crippen molar-refractivity contribution in [3.05, 3.63) is 88.0 Å². The van der Waals surface area contributed by atoms with E-state index in [1.165, 1.54) is 22.3 Å². The molecule has 2 aliphatic heterocycles. The second kappa shape index (κ2) is 11.5. The minimum Gasteiger partial charge on any atom is -0.504 e. The Morgan fingerprint density at radius 2 is 1.42 bits per heavy atom. The topological polar surface area (TPSA) is 83.9 Å². The number of fused-ring (bicyclic) bond motifs is 3. The van der Waals surface area contributed by atoms with Gasteiger partial charge in [-0.25, -0.2) is 0 Å². The highest BCUT2D eigenvalue weighted by atomic mass is 16.5. The largest absolute Gasteiger partial charge is 0.504 e. The van der Waals surface area contributed by atoms with Crippen molar-refractivity contribution in [2.75, 3.05) is 48.5 Å². The van der Waals surface area contributed by atoms with E-state index < -0.39 is 0 Å². The van der Waals surface area contributed by atoms with E-state index in [0.717, 1.165) is 61.0 Å². The van der Waals surface area contributed by atoms with Crippen LogP contribution in [0.5, 0.6) is 40.2 Å². The fraction of sp³-hybridized carbons (Fsp3) is 0.351. The zero-order valence-corrected chi connectivity index (χ0v) is 26.5. The number of methoxy groups -OCH3 is 3. The van der Waals surface area contributed by atoms with E-state index in [-0.39, 0.29) is 23.6 Å². The van der Waals surface area contributed by atoms with Crippen molar-refractivity contribution >= 4 is 0 Å². The molecule has 0 saturated heterocycles. The molecule has 0 amide bonds. The molecule has 3 aliphatic rings. The van der Waals surface area contributed by atoms with Crippen molar-refractivity contribution < 1.29 is 29.2 Å².